The van der Waals surface area contributed by atoms with Gasteiger partial charge in [-0.3, -0.25) is 0 Å². The van der Waals surface area contributed by atoms with Crippen molar-refractivity contribution in [1.82, 2.24) is 9.97 Å². The smallest absolute Gasteiger partial charge is 0.174 e. The Morgan fingerprint density at radius 1 is 1.13 bits per heavy atom. The van der Waals surface area contributed by atoms with Crippen molar-refractivity contribution in [3.63, 3.8) is 0 Å². The highest BCUT2D eigenvalue weighted by Gasteiger charge is 2.12. The van der Waals surface area contributed by atoms with Crippen molar-refractivity contribution in [1.29, 1.82) is 0 Å². The average Bonchev–Trinajstić information content (AvgIpc) is 2.60. The molecule has 0 saturated carbocycles. The van der Waals surface area contributed by atoms with Gasteiger partial charge in [-0.2, -0.15) is 0 Å². The Balaban J connectivity index is 2.60. The molecule has 0 aliphatic carbocycles. The number of thiophene rings is 1. The Labute approximate surface area is 106 Å². The summed E-state index contributed by atoms with van der Waals surface area (Å²) in [6, 6.07) is 1.78. The molecule has 0 fully saturated rings. The molecule has 0 radical (unpaired) electrons. The SMILES string of the molecule is Cc1c(Cl)nc(-c2sccc2Cl)nc1Cl. The van der Waals surface area contributed by atoms with Crippen LogP contribution in [0.1, 0.15) is 5.56 Å². The molecule has 15 heavy (non-hydrogen) atoms. The molecule has 2 aromatic heterocycles. The van der Waals surface area contributed by atoms with E-state index in [1.54, 1.807) is 13.0 Å². The highest BCUT2D eigenvalue weighted by Crippen LogP contribution is 2.33. The zero-order valence-electron chi connectivity index (χ0n) is 7.59. The second-order valence-electron chi connectivity index (χ2n) is 2.85. The third kappa shape index (κ3) is 2.11. The Morgan fingerprint density at radius 2 is 1.73 bits per heavy atom. The van der Waals surface area contributed by atoms with Crippen LogP contribution in [-0.4, -0.2) is 9.97 Å². The fourth-order valence-corrected chi connectivity index (χ4v) is 2.48. The average molecular weight is 280 g/mol. The first-order chi connectivity index (χ1) is 7.09. The molecule has 0 unspecified atom stereocenters. The number of aromatic nitrogens is 2. The van der Waals surface area contributed by atoms with E-state index in [2.05, 4.69) is 9.97 Å². The van der Waals surface area contributed by atoms with Gasteiger partial charge in [-0.1, -0.05) is 34.8 Å². The van der Waals surface area contributed by atoms with Gasteiger partial charge < -0.3 is 0 Å². The van der Waals surface area contributed by atoms with Crippen molar-refractivity contribution in [2.75, 3.05) is 0 Å². The van der Waals surface area contributed by atoms with Crippen LogP contribution in [-0.2, 0) is 0 Å². The van der Waals surface area contributed by atoms with Crippen LogP contribution in [0, 0.1) is 6.92 Å². The third-order valence-electron chi connectivity index (χ3n) is 1.85. The predicted octanol–water partition coefficient (Wildman–Crippen LogP) is 4.47. The van der Waals surface area contributed by atoms with Crippen molar-refractivity contribution in [3.8, 4) is 10.7 Å². The van der Waals surface area contributed by atoms with Gasteiger partial charge in [-0.05, 0) is 18.4 Å². The van der Waals surface area contributed by atoms with E-state index in [1.807, 2.05) is 5.38 Å². The predicted molar refractivity (Wildman–Crippen MR) is 65.1 cm³/mol. The van der Waals surface area contributed by atoms with E-state index in [1.165, 1.54) is 11.3 Å². The molecule has 0 spiro atoms. The number of halogens is 3. The van der Waals surface area contributed by atoms with Gasteiger partial charge in [0, 0.05) is 5.56 Å². The Bertz CT molecular complexity index is 487. The Hall–Kier alpha value is -0.350. The molecule has 0 saturated heterocycles. The van der Waals surface area contributed by atoms with Crippen LogP contribution in [0.3, 0.4) is 0 Å². The molecule has 6 heteroatoms. The van der Waals surface area contributed by atoms with E-state index in [0.29, 0.717) is 26.7 Å². The summed E-state index contributed by atoms with van der Waals surface area (Å²) >= 11 is 19.2. The van der Waals surface area contributed by atoms with Crippen molar-refractivity contribution in [2.24, 2.45) is 0 Å². The minimum Gasteiger partial charge on any atom is -0.215 e. The third-order valence-corrected chi connectivity index (χ3v) is 3.92. The van der Waals surface area contributed by atoms with Crippen molar-refractivity contribution in [3.05, 3.63) is 32.3 Å². The maximum Gasteiger partial charge on any atom is 0.174 e. The largest absolute Gasteiger partial charge is 0.215 e. The van der Waals surface area contributed by atoms with Gasteiger partial charge in [0.15, 0.2) is 5.82 Å². The summed E-state index contributed by atoms with van der Waals surface area (Å²) in [5.74, 6) is 0.468. The summed E-state index contributed by atoms with van der Waals surface area (Å²) in [5.41, 5.74) is 0.676. The lowest BCUT2D eigenvalue weighted by atomic mass is 10.3. The lowest BCUT2D eigenvalue weighted by Crippen LogP contribution is -1.92. The molecule has 2 nitrogen and oxygen atoms in total. The number of hydrogen-bond donors (Lipinski definition) is 0. The second-order valence-corrected chi connectivity index (χ2v) is 4.89. The minimum atomic E-state index is 0.356. The molecule has 0 atom stereocenters. The van der Waals surface area contributed by atoms with E-state index in [-0.39, 0.29) is 0 Å². The molecule has 78 valence electrons. The molecule has 0 N–H and O–H groups in total. The second kappa shape index (κ2) is 4.26. The number of nitrogens with zero attached hydrogens (tertiary/aromatic N) is 2. The van der Waals surface area contributed by atoms with Crippen LogP contribution in [0.5, 0.6) is 0 Å². The van der Waals surface area contributed by atoms with E-state index >= 15 is 0 Å². The lowest BCUT2D eigenvalue weighted by Gasteiger charge is -2.02. The fourth-order valence-electron chi connectivity index (χ4n) is 1.02. The monoisotopic (exact) mass is 278 g/mol. The van der Waals surface area contributed by atoms with Crippen LogP contribution in [0.4, 0.5) is 0 Å². The standard InChI is InChI=1S/C9H5Cl3N2S/c1-4-7(11)13-9(14-8(4)12)6-5(10)2-3-15-6/h2-3H,1H3. The molecule has 0 bridgehead atoms. The van der Waals surface area contributed by atoms with Crippen molar-refractivity contribution < 1.29 is 0 Å². The summed E-state index contributed by atoms with van der Waals surface area (Å²) in [6.07, 6.45) is 0. The summed E-state index contributed by atoms with van der Waals surface area (Å²) in [6.45, 7) is 1.77. The lowest BCUT2D eigenvalue weighted by molar-refractivity contribution is 1.15. The van der Waals surface area contributed by atoms with Crippen LogP contribution >= 0.6 is 46.1 Å². The van der Waals surface area contributed by atoms with Gasteiger partial charge in [0.25, 0.3) is 0 Å². The molecule has 2 aromatic rings. The van der Waals surface area contributed by atoms with Gasteiger partial charge in [0.05, 0.1) is 9.90 Å². The first-order valence-electron chi connectivity index (χ1n) is 4.02. The van der Waals surface area contributed by atoms with Crippen molar-refractivity contribution in [2.45, 2.75) is 6.92 Å². The van der Waals surface area contributed by atoms with Crippen LogP contribution < -0.4 is 0 Å². The molecule has 0 aliphatic rings. The topological polar surface area (TPSA) is 25.8 Å². The molecule has 2 heterocycles. The number of hydrogen-bond acceptors (Lipinski definition) is 3. The molecular formula is C9H5Cl3N2S. The van der Waals surface area contributed by atoms with E-state index < -0.39 is 0 Å². The molecule has 2 rings (SSSR count). The highest BCUT2D eigenvalue weighted by atomic mass is 35.5. The summed E-state index contributed by atoms with van der Waals surface area (Å²) in [4.78, 5) is 9.04. The quantitative estimate of drug-likeness (QED) is 0.720. The van der Waals surface area contributed by atoms with Gasteiger partial charge in [-0.25, -0.2) is 9.97 Å². The van der Waals surface area contributed by atoms with Gasteiger partial charge in [0.2, 0.25) is 0 Å². The van der Waals surface area contributed by atoms with E-state index in [9.17, 15) is 0 Å². The highest BCUT2D eigenvalue weighted by molar-refractivity contribution is 7.14. The molecule has 0 amide bonds. The summed E-state index contributed by atoms with van der Waals surface area (Å²) in [5, 5.41) is 3.18. The van der Waals surface area contributed by atoms with Crippen molar-refractivity contribution >= 4 is 46.1 Å². The first kappa shape index (κ1) is 11.1. The molecule has 0 aromatic carbocycles. The van der Waals surface area contributed by atoms with Crippen LogP contribution in [0.15, 0.2) is 11.4 Å². The van der Waals surface area contributed by atoms with E-state index in [4.69, 9.17) is 34.8 Å². The van der Waals surface area contributed by atoms with Crippen LogP contribution in [0.25, 0.3) is 10.7 Å². The van der Waals surface area contributed by atoms with Crippen LogP contribution in [0.2, 0.25) is 15.3 Å². The van der Waals surface area contributed by atoms with Gasteiger partial charge in [-0.15, -0.1) is 11.3 Å². The summed E-state index contributed by atoms with van der Waals surface area (Å²) in [7, 11) is 0. The Kier molecular flexibility index (Phi) is 3.16. The minimum absolute atomic E-state index is 0.356. The molecule has 0 aliphatic heterocycles. The van der Waals surface area contributed by atoms with E-state index in [0.717, 1.165) is 4.88 Å². The fraction of sp³-hybridized carbons (Fsp3) is 0.111. The van der Waals surface area contributed by atoms with Gasteiger partial charge in [0.1, 0.15) is 10.3 Å². The normalized spacial score (nSPS) is 10.7. The maximum atomic E-state index is 5.96. The number of rotatable bonds is 1. The zero-order chi connectivity index (χ0) is 11.0. The summed E-state index contributed by atoms with van der Waals surface area (Å²) < 4.78 is 0. The first-order valence-corrected chi connectivity index (χ1v) is 6.04. The zero-order valence-corrected chi connectivity index (χ0v) is 10.7. The maximum absolute atomic E-state index is 5.96. The molecular weight excluding hydrogens is 275 g/mol. The van der Waals surface area contributed by atoms with Gasteiger partial charge >= 0.3 is 0 Å². The Morgan fingerprint density at radius 3 is 2.20 bits per heavy atom.